The molecular formula is C10H11ClN5O11P3-4. The maximum atomic E-state index is 11.6. The van der Waals surface area contributed by atoms with Crippen LogP contribution < -0.4 is 25.3 Å². The number of nitrogen functional groups attached to an aromatic ring is 1. The normalized spacial score (nSPS) is 24.0. The minimum absolute atomic E-state index is 0.0519. The second-order valence-corrected chi connectivity index (χ2v) is 10.4. The van der Waals surface area contributed by atoms with Crippen LogP contribution in [0.4, 0.5) is 5.82 Å². The molecule has 168 valence electrons. The molecule has 30 heavy (non-hydrogen) atoms. The van der Waals surface area contributed by atoms with E-state index >= 15 is 0 Å². The Kier molecular flexibility index (Phi) is 6.71. The Morgan fingerprint density at radius 2 is 1.87 bits per heavy atom. The number of halogens is 1. The molecular weight excluding hydrogens is 495 g/mol. The van der Waals surface area contributed by atoms with E-state index in [9.17, 15) is 33.3 Å². The van der Waals surface area contributed by atoms with Gasteiger partial charge in [0.25, 0.3) is 15.6 Å². The van der Waals surface area contributed by atoms with E-state index in [1.165, 1.54) is 10.9 Å². The van der Waals surface area contributed by atoms with Gasteiger partial charge in [0.1, 0.15) is 11.7 Å². The molecule has 0 saturated carbocycles. The summed E-state index contributed by atoms with van der Waals surface area (Å²) in [6, 6.07) is 0. The van der Waals surface area contributed by atoms with E-state index in [0.717, 1.165) is 0 Å². The minimum Gasteiger partial charge on any atom is -0.790 e. The van der Waals surface area contributed by atoms with Gasteiger partial charge in [0.2, 0.25) is 5.28 Å². The first-order chi connectivity index (χ1) is 13.7. The lowest BCUT2D eigenvalue weighted by Crippen LogP contribution is -2.22. The van der Waals surface area contributed by atoms with Gasteiger partial charge in [0, 0.05) is 0 Å². The number of rotatable bonds is 8. The number of fused-ring (bicyclic) bond motifs is 1. The SMILES string of the molecule is Nc1nc(Cl)nc2c1ncn2C1CCC(COP(=O)([O-])OP(=O)([O-])OP(=O)([O-])[O-])O1. The van der Waals surface area contributed by atoms with Gasteiger partial charge in [-0.3, -0.25) is 18.0 Å². The van der Waals surface area contributed by atoms with E-state index in [4.69, 9.17) is 22.1 Å². The number of phosphoric acid groups is 3. The first-order valence-electron chi connectivity index (χ1n) is 7.77. The average Bonchev–Trinajstić information content (AvgIpc) is 3.15. The highest BCUT2D eigenvalue weighted by Crippen LogP contribution is 2.60. The van der Waals surface area contributed by atoms with E-state index in [1.807, 2.05) is 0 Å². The lowest BCUT2D eigenvalue weighted by molar-refractivity contribution is -0.339. The maximum Gasteiger partial charge on any atom is 0.278 e. The molecule has 2 aromatic rings. The summed E-state index contributed by atoms with van der Waals surface area (Å²) in [7, 11) is -17.7. The molecule has 0 bridgehead atoms. The van der Waals surface area contributed by atoms with Gasteiger partial charge in [-0.05, 0) is 24.4 Å². The third-order valence-corrected chi connectivity index (χ3v) is 7.47. The maximum absolute atomic E-state index is 11.6. The second-order valence-electron chi connectivity index (χ2n) is 5.79. The fraction of sp³-hybridized carbons (Fsp3) is 0.500. The Bertz CT molecular complexity index is 1090. The largest absolute Gasteiger partial charge is 0.790 e. The first kappa shape index (κ1) is 23.7. The van der Waals surface area contributed by atoms with Gasteiger partial charge in [-0.25, -0.2) is 9.29 Å². The van der Waals surface area contributed by atoms with Crippen LogP contribution in [0.25, 0.3) is 11.2 Å². The van der Waals surface area contributed by atoms with Gasteiger partial charge in [-0.1, -0.05) is 0 Å². The average molecular weight is 506 g/mol. The van der Waals surface area contributed by atoms with E-state index in [-0.39, 0.29) is 28.7 Å². The van der Waals surface area contributed by atoms with Gasteiger partial charge in [0.05, 0.1) is 26.9 Å². The molecule has 2 aromatic heterocycles. The molecule has 0 amide bonds. The van der Waals surface area contributed by atoms with Gasteiger partial charge >= 0.3 is 0 Å². The van der Waals surface area contributed by atoms with Crippen LogP contribution >= 0.6 is 35.1 Å². The topological polar surface area (TPSA) is 250 Å². The smallest absolute Gasteiger partial charge is 0.278 e. The van der Waals surface area contributed by atoms with Gasteiger partial charge < -0.3 is 39.1 Å². The Hall–Kier alpha value is -0.990. The van der Waals surface area contributed by atoms with E-state index in [1.54, 1.807) is 0 Å². The van der Waals surface area contributed by atoms with Crippen LogP contribution in [0.3, 0.4) is 0 Å². The number of anilines is 1. The van der Waals surface area contributed by atoms with Gasteiger partial charge in [0.15, 0.2) is 11.5 Å². The predicted molar refractivity (Wildman–Crippen MR) is 88.8 cm³/mol. The van der Waals surface area contributed by atoms with Gasteiger partial charge in [-0.2, -0.15) is 9.97 Å². The fourth-order valence-electron chi connectivity index (χ4n) is 2.59. The second kappa shape index (κ2) is 8.51. The predicted octanol–water partition coefficient (Wildman–Crippen LogP) is -1.45. The quantitative estimate of drug-likeness (QED) is 0.318. The van der Waals surface area contributed by atoms with E-state index in [2.05, 4.69) is 28.1 Å². The monoisotopic (exact) mass is 505 g/mol. The van der Waals surface area contributed by atoms with Crippen LogP contribution in [0, 0.1) is 0 Å². The van der Waals surface area contributed by atoms with Crippen molar-refractivity contribution in [3.8, 4) is 0 Å². The van der Waals surface area contributed by atoms with Crippen LogP contribution in [0.2, 0.25) is 5.28 Å². The Balaban J connectivity index is 1.61. The molecule has 20 heteroatoms. The molecule has 0 aliphatic carbocycles. The highest BCUT2D eigenvalue weighted by Gasteiger charge is 2.30. The van der Waals surface area contributed by atoms with Crippen molar-refractivity contribution in [2.24, 2.45) is 0 Å². The molecule has 4 atom stereocenters. The number of hydrogen-bond donors (Lipinski definition) is 1. The summed E-state index contributed by atoms with van der Waals surface area (Å²) in [6.45, 7) is -0.672. The summed E-state index contributed by atoms with van der Waals surface area (Å²) in [6.07, 6.45) is 0.535. The summed E-state index contributed by atoms with van der Waals surface area (Å²) >= 11 is 5.78. The molecule has 0 spiro atoms. The summed E-state index contributed by atoms with van der Waals surface area (Å²) in [5.41, 5.74) is 6.27. The molecule has 4 unspecified atom stereocenters. The number of hydrogen-bond acceptors (Lipinski definition) is 15. The molecule has 16 nitrogen and oxygen atoms in total. The number of nitrogens with zero attached hydrogens (tertiary/aromatic N) is 4. The van der Waals surface area contributed by atoms with E-state index in [0.29, 0.717) is 6.42 Å². The van der Waals surface area contributed by atoms with Crippen molar-refractivity contribution in [2.45, 2.75) is 25.2 Å². The lowest BCUT2D eigenvalue weighted by atomic mass is 10.2. The summed E-state index contributed by atoms with van der Waals surface area (Å²) in [4.78, 5) is 55.1. The Morgan fingerprint density at radius 3 is 2.53 bits per heavy atom. The Labute approximate surface area is 172 Å². The number of phosphoric ester groups is 1. The number of nitrogens with two attached hydrogens (primary N) is 1. The molecule has 2 N–H and O–H groups in total. The zero-order chi connectivity index (χ0) is 22.3. The van der Waals surface area contributed by atoms with E-state index < -0.39 is 42.4 Å². The summed E-state index contributed by atoms with van der Waals surface area (Å²) in [5, 5.41) is -0.117. The molecule has 1 saturated heterocycles. The van der Waals surface area contributed by atoms with Crippen LogP contribution in [0.5, 0.6) is 0 Å². The molecule has 0 aromatic carbocycles. The third kappa shape index (κ3) is 6.04. The fourth-order valence-corrected chi connectivity index (χ4v) is 5.65. The minimum atomic E-state index is -6.05. The van der Waals surface area contributed by atoms with Crippen molar-refractivity contribution in [2.75, 3.05) is 12.3 Å². The summed E-state index contributed by atoms with van der Waals surface area (Å²) in [5.74, 6) is 0.0519. The molecule has 1 aliphatic rings. The molecule has 0 radical (unpaired) electrons. The zero-order valence-corrected chi connectivity index (χ0v) is 17.9. The summed E-state index contributed by atoms with van der Waals surface area (Å²) < 4.78 is 51.0. The molecule has 1 aliphatic heterocycles. The molecule has 1 fully saturated rings. The van der Waals surface area contributed by atoms with Crippen molar-refractivity contribution in [3.05, 3.63) is 11.6 Å². The highest BCUT2D eigenvalue weighted by molar-refractivity contribution is 7.64. The first-order valence-corrected chi connectivity index (χ1v) is 12.5. The van der Waals surface area contributed by atoms with Crippen molar-refractivity contribution in [1.82, 2.24) is 19.5 Å². The number of aromatic nitrogens is 4. The number of ether oxygens (including phenoxy) is 1. The number of imidazole rings is 1. The standard InChI is InChI=1S/C10H15ClN5O11P3/c11-10-14-8(12)7-9(15-10)16(4-13-7)6-2-1-5(25-6)3-24-29(20,21)27-30(22,23)26-28(17,18)19/h4-6H,1-3H2,(H,20,21)(H,22,23)(H2,12,14,15)(H2,17,18,19)/p-4. The van der Waals surface area contributed by atoms with Crippen LogP contribution in [-0.4, -0.2) is 32.2 Å². The Morgan fingerprint density at radius 1 is 1.17 bits per heavy atom. The van der Waals surface area contributed by atoms with Crippen molar-refractivity contribution >= 4 is 52.1 Å². The van der Waals surface area contributed by atoms with Crippen molar-refractivity contribution in [1.29, 1.82) is 0 Å². The van der Waals surface area contributed by atoms with Crippen LogP contribution in [0.1, 0.15) is 19.1 Å². The highest BCUT2D eigenvalue weighted by atomic mass is 35.5. The van der Waals surface area contributed by atoms with Crippen LogP contribution in [-0.2, 0) is 31.6 Å². The van der Waals surface area contributed by atoms with Crippen molar-refractivity contribution in [3.63, 3.8) is 0 Å². The zero-order valence-electron chi connectivity index (χ0n) is 14.4. The third-order valence-electron chi connectivity index (χ3n) is 3.64. The molecule has 3 rings (SSSR count). The van der Waals surface area contributed by atoms with Crippen molar-refractivity contribution < 1.29 is 51.2 Å². The lowest BCUT2D eigenvalue weighted by Gasteiger charge is -2.37. The van der Waals surface area contributed by atoms with Gasteiger partial charge in [-0.15, -0.1) is 0 Å². The van der Waals surface area contributed by atoms with Crippen LogP contribution in [0.15, 0.2) is 6.33 Å². The molecule has 3 heterocycles.